The lowest BCUT2D eigenvalue weighted by Crippen LogP contribution is -3.11. The number of hydrogen-bond acceptors (Lipinski definition) is 3. The molecule has 1 amide bonds. The number of ether oxygens (including phenoxy) is 2. The standard InChI is InChI=1S/C25H32N2O3/c1-3-18-8-5-9-19(4-2)25(18)26-24(28)17-27-13-6-10-21(27)20-11-12-22-23(16-20)30-15-7-14-29-22/h5,8-9,11-12,16,21H,3-4,6-7,10,13-15,17H2,1-2H3,(H,26,28)/p+1/t21-/m0/s1. The summed E-state index contributed by atoms with van der Waals surface area (Å²) in [5.74, 6) is 1.77. The molecule has 2 aliphatic heterocycles. The number of benzene rings is 2. The van der Waals surface area contributed by atoms with E-state index >= 15 is 0 Å². The van der Waals surface area contributed by atoms with E-state index in [4.69, 9.17) is 9.47 Å². The van der Waals surface area contributed by atoms with E-state index in [1.807, 2.05) is 6.07 Å². The first-order valence-electron chi connectivity index (χ1n) is 11.3. The van der Waals surface area contributed by atoms with Crippen LogP contribution in [0.5, 0.6) is 11.5 Å². The Morgan fingerprint density at radius 2 is 1.77 bits per heavy atom. The van der Waals surface area contributed by atoms with Gasteiger partial charge >= 0.3 is 0 Å². The van der Waals surface area contributed by atoms with Crippen molar-refractivity contribution in [2.45, 2.75) is 52.0 Å². The molecule has 0 bridgehead atoms. The second-order valence-electron chi connectivity index (χ2n) is 8.24. The number of rotatable bonds is 6. The maximum atomic E-state index is 13.0. The molecule has 2 atom stereocenters. The lowest BCUT2D eigenvalue weighted by molar-refractivity contribution is -0.910. The molecule has 4 rings (SSSR count). The highest BCUT2D eigenvalue weighted by molar-refractivity contribution is 5.93. The van der Waals surface area contributed by atoms with Gasteiger partial charge in [-0.3, -0.25) is 4.79 Å². The largest absolute Gasteiger partial charge is 0.490 e. The van der Waals surface area contributed by atoms with Crippen LogP contribution in [0.1, 0.15) is 55.8 Å². The van der Waals surface area contributed by atoms with Crippen molar-refractivity contribution in [3.63, 3.8) is 0 Å². The van der Waals surface area contributed by atoms with E-state index in [0.29, 0.717) is 25.8 Å². The van der Waals surface area contributed by atoms with Gasteiger partial charge in [0.25, 0.3) is 5.91 Å². The molecular formula is C25H33N2O3+. The maximum absolute atomic E-state index is 13.0. The summed E-state index contributed by atoms with van der Waals surface area (Å²) in [4.78, 5) is 14.3. The van der Waals surface area contributed by atoms with Gasteiger partial charge in [-0.1, -0.05) is 32.0 Å². The molecule has 2 aliphatic rings. The Balaban J connectivity index is 1.47. The van der Waals surface area contributed by atoms with Crippen LogP contribution >= 0.6 is 0 Å². The van der Waals surface area contributed by atoms with Gasteiger partial charge in [0.15, 0.2) is 18.0 Å². The Bertz CT molecular complexity index is 874. The molecule has 160 valence electrons. The minimum atomic E-state index is 0.0989. The number of hydrogen-bond donors (Lipinski definition) is 2. The molecule has 0 saturated carbocycles. The van der Waals surface area contributed by atoms with Crippen LogP contribution in [0.4, 0.5) is 5.69 Å². The van der Waals surface area contributed by atoms with E-state index in [-0.39, 0.29) is 5.91 Å². The second kappa shape index (κ2) is 9.52. The summed E-state index contributed by atoms with van der Waals surface area (Å²) < 4.78 is 11.7. The second-order valence-corrected chi connectivity index (χ2v) is 8.24. The molecule has 5 nitrogen and oxygen atoms in total. The fourth-order valence-electron chi connectivity index (χ4n) is 4.72. The SMILES string of the molecule is CCc1cccc(CC)c1NC(=O)C[NH+]1CCC[C@H]1c1ccc2c(c1)OCCCO2. The third kappa shape index (κ3) is 4.46. The van der Waals surface area contributed by atoms with E-state index in [0.717, 1.165) is 55.8 Å². The van der Waals surface area contributed by atoms with Crippen LogP contribution in [0.15, 0.2) is 36.4 Å². The number of fused-ring (bicyclic) bond motifs is 1. The van der Waals surface area contributed by atoms with Gasteiger partial charge in [0.05, 0.1) is 19.8 Å². The molecule has 1 saturated heterocycles. The molecule has 5 heteroatoms. The minimum absolute atomic E-state index is 0.0989. The van der Waals surface area contributed by atoms with E-state index in [1.54, 1.807) is 0 Å². The average molecular weight is 410 g/mol. The number of quaternary nitrogens is 1. The lowest BCUT2D eigenvalue weighted by Gasteiger charge is -2.23. The molecule has 2 aromatic carbocycles. The lowest BCUT2D eigenvalue weighted by atomic mass is 10.0. The summed E-state index contributed by atoms with van der Waals surface area (Å²) in [5, 5.41) is 3.23. The molecular weight excluding hydrogens is 376 g/mol. The number of anilines is 1. The quantitative estimate of drug-likeness (QED) is 0.770. The number of carbonyl (C=O) groups is 1. The van der Waals surface area contributed by atoms with Crippen molar-refractivity contribution in [2.24, 2.45) is 0 Å². The molecule has 0 aliphatic carbocycles. The molecule has 0 aromatic heterocycles. The molecule has 30 heavy (non-hydrogen) atoms. The predicted molar refractivity (Wildman–Crippen MR) is 119 cm³/mol. The first kappa shape index (κ1) is 20.7. The number of nitrogens with one attached hydrogen (secondary N) is 2. The number of aryl methyl sites for hydroxylation is 2. The first-order chi connectivity index (χ1) is 14.7. The zero-order valence-electron chi connectivity index (χ0n) is 18.1. The van der Waals surface area contributed by atoms with Gasteiger partial charge in [0.2, 0.25) is 0 Å². The normalized spacial score (nSPS) is 20.6. The van der Waals surface area contributed by atoms with Crippen LogP contribution in [0.2, 0.25) is 0 Å². The number of likely N-dealkylation sites (tertiary alicyclic amines) is 1. The van der Waals surface area contributed by atoms with Gasteiger partial charge in [0.1, 0.15) is 6.04 Å². The molecule has 2 N–H and O–H groups in total. The third-order valence-electron chi connectivity index (χ3n) is 6.31. The summed E-state index contributed by atoms with van der Waals surface area (Å²) >= 11 is 0. The highest BCUT2D eigenvalue weighted by atomic mass is 16.5. The molecule has 0 spiro atoms. The zero-order valence-corrected chi connectivity index (χ0v) is 18.1. The maximum Gasteiger partial charge on any atom is 0.279 e. The average Bonchev–Trinajstić information content (AvgIpc) is 3.09. The van der Waals surface area contributed by atoms with E-state index in [1.165, 1.54) is 21.6 Å². The van der Waals surface area contributed by atoms with Crippen molar-refractivity contribution < 1.29 is 19.2 Å². The molecule has 0 radical (unpaired) electrons. The van der Waals surface area contributed by atoms with Crippen molar-refractivity contribution in [1.29, 1.82) is 0 Å². The van der Waals surface area contributed by atoms with Gasteiger partial charge in [-0.25, -0.2) is 0 Å². The minimum Gasteiger partial charge on any atom is -0.490 e. The zero-order chi connectivity index (χ0) is 20.9. The summed E-state index contributed by atoms with van der Waals surface area (Å²) in [6.07, 6.45) is 4.96. The Labute approximate surface area is 179 Å². The summed E-state index contributed by atoms with van der Waals surface area (Å²) in [6, 6.07) is 12.9. The van der Waals surface area contributed by atoms with Crippen LogP contribution in [-0.2, 0) is 17.6 Å². The van der Waals surface area contributed by atoms with Gasteiger partial charge in [-0.2, -0.15) is 0 Å². The van der Waals surface area contributed by atoms with Crippen molar-refractivity contribution in [3.8, 4) is 11.5 Å². The summed E-state index contributed by atoms with van der Waals surface area (Å²) in [5.41, 5.74) is 4.66. The Kier molecular flexibility index (Phi) is 6.58. The number of amides is 1. The van der Waals surface area contributed by atoms with Gasteiger partial charge in [-0.15, -0.1) is 0 Å². The van der Waals surface area contributed by atoms with Crippen molar-refractivity contribution in [2.75, 3.05) is 31.6 Å². The van der Waals surface area contributed by atoms with Crippen molar-refractivity contribution in [3.05, 3.63) is 53.1 Å². The van der Waals surface area contributed by atoms with E-state index in [9.17, 15) is 4.79 Å². The van der Waals surface area contributed by atoms with Crippen LogP contribution < -0.4 is 19.7 Å². The Morgan fingerprint density at radius 3 is 2.50 bits per heavy atom. The summed E-state index contributed by atoms with van der Waals surface area (Å²) in [6.45, 7) is 7.17. The fourth-order valence-corrected chi connectivity index (χ4v) is 4.72. The van der Waals surface area contributed by atoms with Crippen LogP contribution in [-0.4, -0.2) is 32.2 Å². The van der Waals surface area contributed by atoms with Gasteiger partial charge < -0.3 is 19.7 Å². The number of para-hydroxylation sites is 1. The Morgan fingerprint density at radius 1 is 1.03 bits per heavy atom. The molecule has 2 heterocycles. The van der Waals surface area contributed by atoms with Gasteiger partial charge in [0, 0.05) is 30.5 Å². The fraction of sp³-hybridized carbons (Fsp3) is 0.480. The monoisotopic (exact) mass is 409 g/mol. The third-order valence-corrected chi connectivity index (χ3v) is 6.31. The number of carbonyl (C=O) groups excluding carboxylic acids is 1. The smallest absolute Gasteiger partial charge is 0.279 e. The first-order valence-corrected chi connectivity index (χ1v) is 11.3. The van der Waals surface area contributed by atoms with E-state index in [2.05, 4.69) is 49.5 Å². The highest BCUT2D eigenvalue weighted by Crippen LogP contribution is 2.33. The molecule has 1 fully saturated rings. The predicted octanol–water partition coefficient (Wildman–Crippen LogP) is 3.33. The Hall–Kier alpha value is -2.53. The molecule has 1 unspecified atom stereocenters. The summed E-state index contributed by atoms with van der Waals surface area (Å²) in [7, 11) is 0. The van der Waals surface area contributed by atoms with Crippen molar-refractivity contribution >= 4 is 11.6 Å². The van der Waals surface area contributed by atoms with Crippen LogP contribution in [0, 0.1) is 0 Å². The highest BCUT2D eigenvalue weighted by Gasteiger charge is 2.32. The van der Waals surface area contributed by atoms with E-state index < -0.39 is 0 Å². The van der Waals surface area contributed by atoms with Crippen LogP contribution in [0.3, 0.4) is 0 Å². The molecule has 2 aromatic rings. The van der Waals surface area contributed by atoms with Gasteiger partial charge in [-0.05, 0) is 42.2 Å². The van der Waals surface area contributed by atoms with Crippen molar-refractivity contribution in [1.82, 2.24) is 0 Å². The topological polar surface area (TPSA) is 52.0 Å². The van der Waals surface area contributed by atoms with Crippen LogP contribution in [0.25, 0.3) is 0 Å².